The molecule has 1 saturated carbocycles. The predicted molar refractivity (Wildman–Crippen MR) is 72.6 cm³/mol. The Morgan fingerprint density at radius 1 is 1.45 bits per heavy atom. The molecule has 1 aliphatic carbocycles. The van der Waals surface area contributed by atoms with Crippen molar-refractivity contribution in [2.75, 3.05) is 34.0 Å². The molecule has 1 amide bonds. The van der Waals surface area contributed by atoms with Crippen molar-refractivity contribution in [3.05, 3.63) is 11.6 Å². The topological polar surface area (TPSA) is 80.3 Å². The maximum atomic E-state index is 12.5. The highest BCUT2D eigenvalue weighted by Crippen LogP contribution is 2.37. The van der Waals surface area contributed by atoms with Gasteiger partial charge in [0.05, 0.1) is 19.3 Å². The Morgan fingerprint density at radius 2 is 2.20 bits per heavy atom. The van der Waals surface area contributed by atoms with Crippen LogP contribution < -0.4 is 0 Å². The van der Waals surface area contributed by atoms with E-state index in [1.165, 1.54) is 0 Å². The van der Waals surface area contributed by atoms with E-state index in [1.54, 1.807) is 19.1 Å². The summed E-state index contributed by atoms with van der Waals surface area (Å²) in [5.41, 5.74) is 0. The Hall–Kier alpha value is -1.47. The number of aromatic nitrogens is 3. The Bertz CT molecular complexity index is 445. The van der Waals surface area contributed by atoms with Gasteiger partial charge in [0.15, 0.2) is 0 Å². The molecule has 1 aromatic rings. The largest absolute Gasteiger partial charge is 0.383 e. The molecule has 1 fully saturated rings. The van der Waals surface area contributed by atoms with Crippen molar-refractivity contribution in [3.63, 3.8) is 0 Å². The highest BCUT2D eigenvalue weighted by molar-refractivity contribution is 5.90. The van der Waals surface area contributed by atoms with Gasteiger partial charge in [-0.1, -0.05) is 0 Å². The molecule has 7 heteroatoms. The van der Waals surface area contributed by atoms with Crippen LogP contribution >= 0.6 is 0 Å². The Labute approximate surface area is 118 Å². The summed E-state index contributed by atoms with van der Waals surface area (Å²) < 4.78 is 10.2. The van der Waals surface area contributed by atoms with Crippen LogP contribution in [0.15, 0.2) is 0 Å². The van der Waals surface area contributed by atoms with E-state index in [-0.39, 0.29) is 17.8 Å². The van der Waals surface area contributed by atoms with Crippen molar-refractivity contribution >= 4 is 5.91 Å². The molecule has 2 rings (SSSR count). The molecule has 112 valence electrons. The fourth-order valence-corrected chi connectivity index (χ4v) is 2.08. The van der Waals surface area contributed by atoms with Crippen LogP contribution in [0.4, 0.5) is 0 Å². The first-order valence-electron chi connectivity index (χ1n) is 6.88. The third-order valence-corrected chi connectivity index (χ3v) is 3.40. The van der Waals surface area contributed by atoms with E-state index >= 15 is 0 Å². The number of nitrogens with zero attached hydrogens (tertiary/aromatic N) is 3. The van der Waals surface area contributed by atoms with E-state index in [0.29, 0.717) is 25.7 Å². The van der Waals surface area contributed by atoms with Gasteiger partial charge in [-0.15, -0.1) is 5.10 Å². The maximum Gasteiger partial charge on any atom is 0.293 e. The SMILES string of the molecule is COCCN(C(=O)c1n[nH]c(C2CC2)n1)C(C)COC. The number of nitrogens with one attached hydrogen (secondary N) is 1. The van der Waals surface area contributed by atoms with Gasteiger partial charge in [0.25, 0.3) is 5.91 Å². The lowest BCUT2D eigenvalue weighted by Gasteiger charge is -2.27. The summed E-state index contributed by atoms with van der Waals surface area (Å²) in [7, 11) is 3.23. The summed E-state index contributed by atoms with van der Waals surface area (Å²) in [6.45, 7) is 3.37. The molecule has 1 N–H and O–H groups in total. The zero-order valence-corrected chi connectivity index (χ0v) is 12.3. The standard InChI is InChI=1S/C13H22N4O3/c1-9(8-20-3)17(6-7-19-2)13(18)12-14-11(15-16-12)10-4-5-10/h9-10H,4-8H2,1-3H3,(H,14,15,16). The molecule has 1 aromatic heterocycles. The molecular formula is C13H22N4O3. The van der Waals surface area contributed by atoms with Gasteiger partial charge in [-0.3, -0.25) is 9.89 Å². The number of hydrogen-bond donors (Lipinski definition) is 1. The van der Waals surface area contributed by atoms with Crippen molar-refractivity contribution in [2.24, 2.45) is 0 Å². The fraction of sp³-hybridized carbons (Fsp3) is 0.769. The number of ether oxygens (including phenoxy) is 2. The van der Waals surface area contributed by atoms with Crippen LogP contribution in [0.1, 0.15) is 42.1 Å². The monoisotopic (exact) mass is 282 g/mol. The molecule has 1 atom stereocenters. The summed E-state index contributed by atoms with van der Waals surface area (Å²) >= 11 is 0. The highest BCUT2D eigenvalue weighted by atomic mass is 16.5. The second-order valence-electron chi connectivity index (χ2n) is 5.11. The minimum absolute atomic E-state index is 0.0504. The molecule has 0 aliphatic heterocycles. The molecule has 20 heavy (non-hydrogen) atoms. The van der Waals surface area contributed by atoms with E-state index < -0.39 is 0 Å². The molecule has 0 saturated heterocycles. The van der Waals surface area contributed by atoms with Gasteiger partial charge in [0, 0.05) is 26.7 Å². The number of carbonyl (C=O) groups is 1. The molecule has 1 unspecified atom stereocenters. The molecular weight excluding hydrogens is 260 g/mol. The lowest BCUT2D eigenvalue weighted by Crippen LogP contribution is -2.43. The Kier molecular flexibility index (Phi) is 5.08. The summed E-state index contributed by atoms with van der Waals surface area (Å²) in [6, 6.07) is -0.0504. The lowest BCUT2D eigenvalue weighted by molar-refractivity contribution is 0.0469. The van der Waals surface area contributed by atoms with Crippen LogP contribution in [0, 0.1) is 0 Å². The number of aromatic amines is 1. The van der Waals surface area contributed by atoms with Gasteiger partial charge >= 0.3 is 0 Å². The fourth-order valence-electron chi connectivity index (χ4n) is 2.08. The van der Waals surface area contributed by atoms with Crippen LogP contribution in [0.25, 0.3) is 0 Å². The number of rotatable bonds is 8. The Balaban J connectivity index is 2.06. The average Bonchev–Trinajstić information content (AvgIpc) is 3.17. The van der Waals surface area contributed by atoms with Crippen LogP contribution in [0.5, 0.6) is 0 Å². The lowest BCUT2D eigenvalue weighted by atomic mass is 10.3. The molecule has 7 nitrogen and oxygen atoms in total. The third kappa shape index (κ3) is 3.55. The first kappa shape index (κ1) is 14.9. The average molecular weight is 282 g/mol. The van der Waals surface area contributed by atoms with E-state index in [2.05, 4.69) is 15.2 Å². The van der Waals surface area contributed by atoms with Crippen LogP contribution in [-0.2, 0) is 9.47 Å². The molecule has 1 aliphatic rings. The summed E-state index contributed by atoms with van der Waals surface area (Å²) in [4.78, 5) is 18.5. The third-order valence-electron chi connectivity index (χ3n) is 3.40. The van der Waals surface area contributed by atoms with Crippen molar-refractivity contribution < 1.29 is 14.3 Å². The molecule has 0 aromatic carbocycles. The number of hydrogen-bond acceptors (Lipinski definition) is 5. The highest BCUT2D eigenvalue weighted by Gasteiger charge is 2.30. The summed E-state index contributed by atoms with van der Waals surface area (Å²) in [5, 5.41) is 6.90. The second kappa shape index (κ2) is 6.81. The first-order chi connectivity index (χ1) is 9.67. The number of carbonyl (C=O) groups excluding carboxylic acids is 1. The van der Waals surface area contributed by atoms with Gasteiger partial charge in [-0.2, -0.15) is 0 Å². The molecule has 1 heterocycles. The van der Waals surface area contributed by atoms with Gasteiger partial charge < -0.3 is 14.4 Å². The quantitative estimate of drug-likeness (QED) is 0.763. The van der Waals surface area contributed by atoms with Crippen molar-refractivity contribution in [1.82, 2.24) is 20.1 Å². The van der Waals surface area contributed by atoms with Gasteiger partial charge in [0.2, 0.25) is 5.82 Å². The van der Waals surface area contributed by atoms with Gasteiger partial charge in [-0.25, -0.2) is 4.98 Å². The molecule has 0 radical (unpaired) electrons. The maximum absolute atomic E-state index is 12.5. The zero-order chi connectivity index (χ0) is 14.5. The smallest absolute Gasteiger partial charge is 0.293 e. The van der Waals surface area contributed by atoms with Crippen molar-refractivity contribution in [3.8, 4) is 0 Å². The molecule has 0 bridgehead atoms. The molecule has 0 spiro atoms. The van der Waals surface area contributed by atoms with Crippen LogP contribution in [0.2, 0.25) is 0 Å². The number of methoxy groups -OCH3 is 2. The number of amides is 1. The minimum Gasteiger partial charge on any atom is -0.383 e. The first-order valence-corrected chi connectivity index (χ1v) is 6.88. The minimum atomic E-state index is -0.185. The zero-order valence-electron chi connectivity index (χ0n) is 12.3. The second-order valence-corrected chi connectivity index (χ2v) is 5.11. The van der Waals surface area contributed by atoms with Gasteiger partial charge in [0.1, 0.15) is 5.82 Å². The Morgan fingerprint density at radius 3 is 2.80 bits per heavy atom. The van der Waals surface area contributed by atoms with Crippen molar-refractivity contribution in [1.29, 1.82) is 0 Å². The van der Waals surface area contributed by atoms with E-state index in [9.17, 15) is 4.79 Å². The van der Waals surface area contributed by atoms with E-state index in [0.717, 1.165) is 18.7 Å². The van der Waals surface area contributed by atoms with Crippen LogP contribution in [-0.4, -0.2) is 66.0 Å². The predicted octanol–water partition coefficient (Wildman–Crippen LogP) is 0.806. The van der Waals surface area contributed by atoms with Gasteiger partial charge in [-0.05, 0) is 19.8 Å². The normalized spacial score (nSPS) is 16.1. The van der Waals surface area contributed by atoms with E-state index in [4.69, 9.17) is 9.47 Å². The number of H-pyrrole nitrogens is 1. The summed E-state index contributed by atoms with van der Waals surface area (Å²) in [5.74, 6) is 1.31. The van der Waals surface area contributed by atoms with E-state index in [1.807, 2.05) is 6.92 Å². The summed E-state index contributed by atoms with van der Waals surface area (Å²) in [6.07, 6.45) is 2.24. The van der Waals surface area contributed by atoms with Crippen LogP contribution in [0.3, 0.4) is 0 Å². The van der Waals surface area contributed by atoms with Crippen molar-refractivity contribution in [2.45, 2.75) is 31.7 Å².